The Hall–Kier alpha value is -1.79. The molecule has 0 saturated carbocycles. The molecule has 2 aromatic rings. The summed E-state index contributed by atoms with van der Waals surface area (Å²) in [6, 6.07) is 2.76. The minimum absolute atomic E-state index is 0.0561. The Morgan fingerprint density at radius 1 is 1.57 bits per heavy atom. The van der Waals surface area contributed by atoms with Gasteiger partial charge in [0.15, 0.2) is 0 Å². The van der Waals surface area contributed by atoms with Crippen LogP contribution in [0.1, 0.15) is 47.6 Å². The van der Waals surface area contributed by atoms with E-state index in [4.69, 9.17) is 16.0 Å². The Bertz CT molecular complexity index is 620. The van der Waals surface area contributed by atoms with Crippen LogP contribution in [0, 0.1) is 0 Å². The summed E-state index contributed by atoms with van der Waals surface area (Å²) in [5.74, 6) is 0.157. The van der Waals surface area contributed by atoms with Gasteiger partial charge in [-0.05, 0) is 18.1 Å². The third kappa shape index (κ3) is 3.11. The van der Waals surface area contributed by atoms with Crippen molar-refractivity contribution in [3.8, 4) is 0 Å². The van der Waals surface area contributed by atoms with Gasteiger partial charge in [-0.1, -0.05) is 25.4 Å². The third-order valence-electron chi connectivity index (χ3n) is 3.15. The SMILES string of the molecule is CC(C)c1nn(C)c(Cl)c1C(=O)NC(CO)c1ccco1. The number of furan rings is 1. The number of carbonyl (C=O) groups is 1. The number of halogens is 1. The van der Waals surface area contributed by atoms with Crippen LogP contribution < -0.4 is 5.32 Å². The number of aliphatic hydroxyl groups is 1. The van der Waals surface area contributed by atoms with Crippen molar-refractivity contribution in [3.63, 3.8) is 0 Å². The maximum absolute atomic E-state index is 12.5. The van der Waals surface area contributed by atoms with E-state index in [1.807, 2.05) is 13.8 Å². The zero-order chi connectivity index (χ0) is 15.6. The highest BCUT2D eigenvalue weighted by Gasteiger charge is 2.26. The zero-order valence-electron chi connectivity index (χ0n) is 12.1. The number of amides is 1. The summed E-state index contributed by atoms with van der Waals surface area (Å²) in [5.41, 5.74) is 0.954. The number of rotatable bonds is 5. The molecular weight excluding hydrogens is 294 g/mol. The summed E-state index contributed by atoms with van der Waals surface area (Å²) in [5, 5.41) is 16.7. The van der Waals surface area contributed by atoms with Gasteiger partial charge in [0.2, 0.25) is 0 Å². The van der Waals surface area contributed by atoms with Crippen molar-refractivity contribution in [3.05, 3.63) is 40.6 Å². The van der Waals surface area contributed by atoms with Crippen LogP contribution in [0.15, 0.2) is 22.8 Å². The van der Waals surface area contributed by atoms with Gasteiger partial charge in [0.1, 0.15) is 17.0 Å². The maximum Gasteiger partial charge on any atom is 0.257 e. The Morgan fingerprint density at radius 3 is 2.81 bits per heavy atom. The fourth-order valence-corrected chi connectivity index (χ4v) is 2.28. The molecule has 0 radical (unpaired) electrons. The van der Waals surface area contributed by atoms with Gasteiger partial charge in [-0.15, -0.1) is 0 Å². The highest BCUT2D eigenvalue weighted by atomic mass is 35.5. The molecule has 0 spiro atoms. The normalized spacial score (nSPS) is 12.7. The Morgan fingerprint density at radius 2 is 2.29 bits per heavy atom. The second kappa shape index (κ2) is 6.32. The number of nitrogens with zero attached hydrogens (tertiary/aromatic N) is 2. The van der Waals surface area contributed by atoms with E-state index >= 15 is 0 Å². The smallest absolute Gasteiger partial charge is 0.257 e. The van der Waals surface area contributed by atoms with Crippen LogP contribution in [0.2, 0.25) is 5.15 Å². The first-order chi connectivity index (χ1) is 9.95. The van der Waals surface area contributed by atoms with E-state index < -0.39 is 6.04 Å². The molecule has 0 aliphatic carbocycles. The van der Waals surface area contributed by atoms with E-state index in [0.29, 0.717) is 17.0 Å². The average Bonchev–Trinajstić information content (AvgIpc) is 3.05. The zero-order valence-corrected chi connectivity index (χ0v) is 12.9. The molecule has 1 amide bonds. The summed E-state index contributed by atoms with van der Waals surface area (Å²) in [7, 11) is 1.68. The first-order valence-electron chi connectivity index (χ1n) is 6.63. The van der Waals surface area contributed by atoms with Gasteiger partial charge >= 0.3 is 0 Å². The third-order valence-corrected chi connectivity index (χ3v) is 3.59. The van der Waals surface area contributed by atoms with Gasteiger partial charge in [-0.3, -0.25) is 9.48 Å². The van der Waals surface area contributed by atoms with E-state index in [9.17, 15) is 9.90 Å². The van der Waals surface area contributed by atoms with Crippen molar-refractivity contribution in [2.24, 2.45) is 7.05 Å². The lowest BCUT2D eigenvalue weighted by molar-refractivity contribution is 0.0906. The second-order valence-electron chi connectivity index (χ2n) is 5.05. The van der Waals surface area contributed by atoms with E-state index in [-0.39, 0.29) is 23.6 Å². The molecule has 0 aliphatic heterocycles. The van der Waals surface area contributed by atoms with Crippen LogP contribution in [-0.4, -0.2) is 27.4 Å². The Kier molecular flexibility index (Phi) is 4.69. The number of hydrogen-bond acceptors (Lipinski definition) is 4. The van der Waals surface area contributed by atoms with Crippen LogP contribution in [0.5, 0.6) is 0 Å². The van der Waals surface area contributed by atoms with Gasteiger partial charge in [0, 0.05) is 7.05 Å². The van der Waals surface area contributed by atoms with Crippen LogP contribution in [0.25, 0.3) is 0 Å². The van der Waals surface area contributed by atoms with E-state index in [1.165, 1.54) is 10.9 Å². The quantitative estimate of drug-likeness (QED) is 0.887. The van der Waals surface area contributed by atoms with E-state index in [0.717, 1.165) is 0 Å². The van der Waals surface area contributed by atoms with Crippen molar-refractivity contribution in [2.75, 3.05) is 6.61 Å². The fraction of sp³-hybridized carbons (Fsp3) is 0.429. The first-order valence-corrected chi connectivity index (χ1v) is 7.01. The minimum Gasteiger partial charge on any atom is -0.467 e. The molecule has 2 N–H and O–H groups in total. The molecular formula is C14H18ClN3O3. The molecule has 1 atom stereocenters. The number of nitrogens with one attached hydrogen (secondary N) is 1. The molecule has 0 aromatic carbocycles. The van der Waals surface area contributed by atoms with Crippen LogP contribution >= 0.6 is 11.6 Å². The summed E-state index contributed by atoms with van der Waals surface area (Å²) in [6.07, 6.45) is 1.49. The molecule has 7 heteroatoms. The highest BCUT2D eigenvalue weighted by Crippen LogP contribution is 2.26. The number of aryl methyl sites for hydroxylation is 1. The molecule has 0 aliphatic rings. The predicted octanol–water partition coefficient (Wildman–Crippen LogP) is 2.25. The lowest BCUT2D eigenvalue weighted by Gasteiger charge is -2.14. The Balaban J connectivity index is 2.28. The number of hydrogen-bond donors (Lipinski definition) is 2. The largest absolute Gasteiger partial charge is 0.467 e. The molecule has 0 bridgehead atoms. The standard InChI is InChI=1S/C14H18ClN3O3/c1-8(2)12-11(13(15)18(3)17-12)14(20)16-9(7-19)10-5-4-6-21-10/h4-6,8-9,19H,7H2,1-3H3,(H,16,20). The van der Waals surface area contributed by atoms with Crippen molar-refractivity contribution < 1.29 is 14.3 Å². The molecule has 21 heavy (non-hydrogen) atoms. The molecule has 2 heterocycles. The average molecular weight is 312 g/mol. The summed E-state index contributed by atoms with van der Waals surface area (Å²) < 4.78 is 6.67. The van der Waals surface area contributed by atoms with Gasteiger partial charge in [-0.25, -0.2) is 0 Å². The van der Waals surface area contributed by atoms with E-state index in [2.05, 4.69) is 10.4 Å². The lowest BCUT2D eigenvalue weighted by Crippen LogP contribution is -2.31. The van der Waals surface area contributed by atoms with Gasteiger partial charge < -0.3 is 14.8 Å². The van der Waals surface area contributed by atoms with Crippen molar-refractivity contribution in [1.82, 2.24) is 15.1 Å². The number of aromatic nitrogens is 2. The lowest BCUT2D eigenvalue weighted by atomic mass is 10.1. The molecule has 2 aromatic heterocycles. The molecule has 0 saturated heterocycles. The monoisotopic (exact) mass is 311 g/mol. The fourth-order valence-electron chi connectivity index (χ4n) is 2.06. The van der Waals surface area contributed by atoms with Crippen LogP contribution in [0.3, 0.4) is 0 Å². The minimum atomic E-state index is -0.621. The summed E-state index contributed by atoms with van der Waals surface area (Å²) in [4.78, 5) is 12.5. The van der Waals surface area contributed by atoms with Gasteiger partial charge in [0.25, 0.3) is 5.91 Å². The number of aliphatic hydroxyl groups excluding tert-OH is 1. The van der Waals surface area contributed by atoms with Crippen molar-refractivity contribution in [2.45, 2.75) is 25.8 Å². The van der Waals surface area contributed by atoms with Gasteiger partial charge in [0.05, 0.1) is 24.1 Å². The predicted molar refractivity (Wildman–Crippen MR) is 78.3 cm³/mol. The van der Waals surface area contributed by atoms with Crippen molar-refractivity contribution >= 4 is 17.5 Å². The topological polar surface area (TPSA) is 80.3 Å². The molecule has 114 valence electrons. The number of carbonyl (C=O) groups excluding carboxylic acids is 1. The second-order valence-corrected chi connectivity index (χ2v) is 5.41. The van der Waals surface area contributed by atoms with E-state index in [1.54, 1.807) is 19.2 Å². The summed E-state index contributed by atoms with van der Waals surface area (Å²) >= 11 is 6.16. The first kappa shape index (κ1) is 15.6. The molecule has 2 rings (SSSR count). The Labute approximate surface area is 127 Å². The maximum atomic E-state index is 12.5. The highest BCUT2D eigenvalue weighted by molar-refractivity contribution is 6.33. The summed E-state index contributed by atoms with van der Waals surface area (Å²) in [6.45, 7) is 3.60. The van der Waals surface area contributed by atoms with Crippen LogP contribution in [0.4, 0.5) is 0 Å². The molecule has 1 unspecified atom stereocenters. The van der Waals surface area contributed by atoms with Crippen molar-refractivity contribution in [1.29, 1.82) is 0 Å². The van der Waals surface area contributed by atoms with Crippen LogP contribution in [-0.2, 0) is 7.05 Å². The van der Waals surface area contributed by atoms with Gasteiger partial charge in [-0.2, -0.15) is 5.10 Å². The molecule has 0 fully saturated rings. The molecule has 6 nitrogen and oxygen atoms in total.